The summed E-state index contributed by atoms with van der Waals surface area (Å²) in [5.41, 5.74) is 3.54. The molecule has 134 valence electrons. The Bertz CT molecular complexity index is 853. The number of benzene rings is 1. The number of aromatic nitrogens is 3. The minimum Gasteiger partial charge on any atom is -0.396 e. The van der Waals surface area contributed by atoms with Gasteiger partial charge in [-0.2, -0.15) is 4.98 Å². The SMILES string of the molecule is Cc1cccc(Cl)c1Nc1cc(-c2ccncc2)nc(NCCCO)n1. The molecule has 2 aromatic heterocycles. The van der Waals surface area contributed by atoms with E-state index in [2.05, 4.69) is 25.6 Å². The maximum atomic E-state index is 8.97. The highest BCUT2D eigenvalue weighted by Crippen LogP contribution is 2.29. The Kier molecular flexibility index (Phi) is 5.99. The molecule has 0 aliphatic carbocycles. The topological polar surface area (TPSA) is 83.0 Å². The molecule has 0 aliphatic rings. The summed E-state index contributed by atoms with van der Waals surface area (Å²) in [5, 5.41) is 16.0. The molecule has 0 radical (unpaired) electrons. The zero-order valence-corrected chi connectivity index (χ0v) is 15.2. The van der Waals surface area contributed by atoms with Crippen molar-refractivity contribution in [3.63, 3.8) is 0 Å². The molecule has 6 nitrogen and oxygen atoms in total. The summed E-state index contributed by atoms with van der Waals surface area (Å²) in [6.45, 7) is 2.68. The molecular formula is C19H20ClN5O. The fourth-order valence-corrected chi connectivity index (χ4v) is 2.73. The van der Waals surface area contributed by atoms with Gasteiger partial charge < -0.3 is 15.7 Å². The van der Waals surface area contributed by atoms with Crippen LogP contribution in [-0.4, -0.2) is 33.2 Å². The van der Waals surface area contributed by atoms with Crippen LogP contribution in [0.15, 0.2) is 48.8 Å². The minimum atomic E-state index is 0.112. The summed E-state index contributed by atoms with van der Waals surface area (Å²) in [6.07, 6.45) is 4.07. The Balaban J connectivity index is 1.96. The number of anilines is 3. The summed E-state index contributed by atoms with van der Waals surface area (Å²) < 4.78 is 0. The highest BCUT2D eigenvalue weighted by atomic mass is 35.5. The van der Waals surface area contributed by atoms with Crippen LogP contribution in [0, 0.1) is 6.92 Å². The molecule has 0 fully saturated rings. The number of nitrogens with one attached hydrogen (secondary N) is 2. The monoisotopic (exact) mass is 369 g/mol. The van der Waals surface area contributed by atoms with Gasteiger partial charge in [-0.15, -0.1) is 0 Å². The van der Waals surface area contributed by atoms with Crippen LogP contribution >= 0.6 is 11.6 Å². The lowest BCUT2D eigenvalue weighted by Gasteiger charge is -2.13. The second kappa shape index (κ2) is 8.60. The van der Waals surface area contributed by atoms with Crippen molar-refractivity contribution in [1.82, 2.24) is 15.0 Å². The molecule has 7 heteroatoms. The number of aliphatic hydroxyl groups excluding tert-OH is 1. The number of para-hydroxylation sites is 1. The van der Waals surface area contributed by atoms with Crippen LogP contribution in [0.3, 0.4) is 0 Å². The molecule has 1 aromatic carbocycles. The van der Waals surface area contributed by atoms with Gasteiger partial charge in [0.15, 0.2) is 0 Å². The highest BCUT2D eigenvalue weighted by molar-refractivity contribution is 6.33. The molecule has 0 amide bonds. The van der Waals surface area contributed by atoms with Crippen LogP contribution in [0.2, 0.25) is 5.02 Å². The van der Waals surface area contributed by atoms with Crippen LogP contribution in [0.1, 0.15) is 12.0 Å². The average Bonchev–Trinajstić information content (AvgIpc) is 2.66. The number of hydrogen-bond acceptors (Lipinski definition) is 6. The Morgan fingerprint density at radius 1 is 1.12 bits per heavy atom. The lowest BCUT2D eigenvalue weighted by molar-refractivity contribution is 0.292. The third-order valence-corrected chi connectivity index (χ3v) is 4.11. The van der Waals surface area contributed by atoms with E-state index < -0.39 is 0 Å². The molecular weight excluding hydrogens is 350 g/mol. The molecule has 0 aliphatic heterocycles. The van der Waals surface area contributed by atoms with Crippen molar-refractivity contribution in [3.05, 3.63) is 59.4 Å². The van der Waals surface area contributed by atoms with E-state index in [4.69, 9.17) is 16.7 Å². The van der Waals surface area contributed by atoms with Gasteiger partial charge in [-0.1, -0.05) is 23.7 Å². The third kappa shape index (κ3) is 4.47. The highest BCUT2D eigenvalue weighted by Gasteiger charge is 2.10. The van der Waals surface area contributed by atoms with Gasteiger partial charge in [-0.05, 0) is 37.1 Å². The first kappa shape index (κ1) is 18.1. The average molecular weight is 370 g/mol. The number of rotatable bonds is 7. The summed E-state index contributed by atoms with van der Waals surface area (Å²) in [5.74, 6) is 1.12. The Morgan fingerprint density at radius 2 is 1.92 bits per heavy atom. The second-order valence-corrected chi connectivity index (χ2v) is 6.17. The summed E-state index contributed by atoms with van der Waals surface area (Å²) in [4.78, 5) is 13.1. The van der Waals surface area contributed by atoms with E-state index >= 15 is 0 Å². The van der Waals surface area contributed by atoms with Crippen LogP contribution in [-0.2, 0) is 0 Å². The largest absolute Gasteiger partial charge is 0.396 e. The molecule has 26 heavy (non-hydrogen) atoms. The van der Waals surface area contributed by atoms with E-state index in [1.165, 1.54) is 0 Å². The molecule has 0 saturated carbocycles. The van der Waals surface area contributed by atoms with Crippen LogP contribution in [0.25, 0.3) is 11.3 Å². The van der Waals surface area contributed by atoms with Gasteiger partial charge in [0.05, 0.1) is 16.4 Å². The predicted molar refractivity (Wildman–Crippen MR) is 105 cm³/mol. The number of pyridine rings is 1. The molecule has 0 saturated heterocycles. The van der Waals surface area contributed by atoms with E-state index in [0.29, 0.717) is 29.8 Å². The van der Waals surface area contributed by atoms with E-state index in [0.717, 1.165) is 22.5 Å². The van der Waals surface area contributed by atoms with Gasteiger partial charge in [0.25, 0.3) is 0 Å². The van der Waals surface area contributed by atoms with Crippen molar-refractivity contribution in [1.29, 1.82) is 0 Å². The summed E-state index contributed by atoms with van der Waals surface area (Å²) in [6, 6.07) is 11.4. The van der Waals surface area contributed by atoms with Crippen molar-refractivity contribution in [2.45, 2.75) is 13.3 Å². The van der Waals surface area contributed by atoms with Gasteiger partial charge in [0.1, 0.15) is 5.82 Å². The summed E-state index contributed by atoms with van der Waals surface area (Å²) >= 11 is 6.32. The molecule has 3 N–H and O–H groups in total. The smallest absolute Gasteiger partial charge is 0.225 e. The fourth-order valence-electron chi connectivity index (χ4n) is 2.46. The van der Waals surface area contributed by atoms with E-state index in [9.17, 15) is 0 Å². The third-order valence-electron chi connectivity index (χ3n) is 3.80. The van der Waals surface area contributed by atoms with Crippen LogP contribution < -0.4 is 10.6 Å². The first-order valence-electron chi connectivity index (χ1n) is 8.33. The predicted octanol–water partition coefficient (Wildman–Crippen LogP) is 4.04. The molecule has 0 spiro atoms. The molecule has 0 bridgehead atoms. The Hall–Kier alpha value is -2.70. The van der Waals surface area contributed by atoms with Crippen molar-refractivity contribution >= 4 is 29.1 Å². The summed E-state index contributed by atoms with van der Waals surface area (Å²) in [7, 11) is 0. The first-order valence-corrected chi connectivity index (χ1v) is 8.71. The maximum absolute atomic E-state index is 8.97. The normalized spacial score (nSPS) is 10.6. The maximum Gasteiger partial charge on any atom is 0.225 e. The fraction of sp³-hybridized carbons (Fsp3) is 0.211. The zero-order chi connectivity index (χ0) is 18.4. The van der Waals surface area contributed by atoms with Gasteiger partial charge in [0.2, 0.25) is 5.95 Å². The molecule has 3 aromatic rings. The van der Waals surface area contributed by atoms with Gasteiger partial charge in [-0.3, -0.25) is 4.98 Å². The van der Waals surface area contributed by atoms with Crippen LogP contribution in [0.4, 0.5) is 17.5 Å². The van der Waals surface area contributed by atoms with Crippen molar-refractivity contribution in [2.24, 2.45) is 0 Å². The molecule has 2 heterocycles. The molecule has 0 unspecified atom stereocenters. The van der Waals surface area contributed by atoms with Gasteiger partial charge >= 0.3 is 0 Å². The van der Waals surface area contributed by atoms with Crippen molar-refractivity contribution in [3.8, 4) is 11.3 Å². The van der Waals surface area contributed by atoms with Crippen LogP contribution in [0.5, 0.6) is 0 Å². The van der Waals surface area contributed by atoms with Crippen molar-refractivity contribution in [2.75, 3.05) is 23.8 Å². The Morgan fingerprint density at radius 3 is 2.65 bits per heavy atom. The number of halogens is 1. The lowest BCUT2D eigenvalue weighted by Crippen LogP contribution is -2.09. The first-order chi connectivity index (χ1) is 12.7. The van der Waals surface area contributed by atoms with E-state index in [-0.39, 0.29) is 6.61 Å². The quantitative estimate of drug-likeness (QED) is 0.545. The molecule has 0 atom stereocenters. The number of aryl methyl sites for hydroxylation is 1. The van der Waals surface area contributed by atoms with Gasteiger partial charge in [-0.25, -0.2) is 4.98 Å². The standard InChI is InChI=1S/C19H20ClN5O/c1-13-4-2-5-15(20)18(13)24-17-12-16(14-6-9-21-10-7-14)23-19(25-17)22-8-3-11-26/h2,4-7,9-10,12,26H,3,8,11H2,1H3,(H2,22,23,24,25). The molecule has 3 rings (SSSR count). The van der Waals surface area contributed by atoms with Crippen molar-refractivity contribution < 1.29 is 5.11 Å². The van der Waals surface area contributed by atoms with E-state index in [1.54, 1.807) is 12.4 Å². The number of hydrogen-bond donors (Lipinski definition) is 3. The lowest BCUT2D eigenvalue weighted by atomic mass is 10.2. The number of nitrogens with zero attached hydrogens (tertiary/aromatic N) is 3. The van der Waals surface area contributed by atoms with Gasteiger partial charge in [0, 0.05) is 37.2 Å². The van der Waals surface area contributed by atoms with E-state index in [1.807, 2.05) is 43.3 Å². The zero-order valence-electron chi connectivity index (χ0n) is 14.4. The number of aliphatic hydroxyl groups is 1. The second-order valence-electron chi connectivity index (χ2n) is 5.76. The Labute approximate surface area is 157 Å². The minimum absolute atomic E-state index is 0.112.